The molecule has 0 bridgehead atoms. The highest BCUT2D eigenvalue weighted by Gasteiger charge is 2.36. The molecule has 2 atom stereocenters. The predicted octanol–water partition coefficient (Wildman–Crippen LogP) is 1.48. The molecule has 0 amide bonds. The van der Waals surface area contributed by atoms with Gasteiger partial charge in [-0.15, -0.1) is 0 Å². The molecule has 0 radical (unpaired) electrons. The quantitative estimate of drug-likeness (QED) is 0.564. The lowest BCUT2D eigenvalue weighted by Gasteiger charge is -2.41. The van der Waals surface area contributed by atoms with Crippen molar-refractivity contribution in [2.24, 2.45) is 5.41 Å². The van der Waals surface area contributed by atoms with E-state index >= 15 is 0 Å². The van der Waals surface area contributed by atoms with E-state index in [9.17, 15) is 5.11 Å². The monoisotopic (exact) mass is 210 g/mol. The lowest BCUT2D eigenvalue weighted by molar-refractivity contribution is -0.0353. The van der Waals surface area contributed by atoms with Crippen LogP contribution in [0.4, 0.5) is 0 Å². The molecule has 0 aromatic carbocycles. The lowest BCUT2D eigenvalue weighted by atomic mass is 9.75. The SMILES string of the molecule is B[C@H]1CC(C)=C(CO)C(C(C)(C)CC)O1. The minimum atomic E-state index is 0.0799. The Morgan fingerprint density at radius 3 is 2.60 bits per heavy atom. The fourth-order valence-corrected chi connectivity index (χ4v) is 2.21. The van der Waals surface area contributed by atoms with Crippen molar-refractivity contribution in [1.29, 1.82) is 0 Å². The third-order valence-corrected chi connectivity index (χ3v) is 3.62. The second-order valence-electron chi connectivity index (χ2n) is 5.34. The van der Waals surface area contributed by atoms with Gasteiger partial charge in [-0.2, -0.15) is 0 Å². The first-order valence-corrected chi connectivity index (χ1v) is 5.87. The molecule has 0 aliphatic carbocycles. The average molecular weight is 210 g/mol. The summed E-state index contributed by atoms with van der Waals surface area (Å²) in [5.41, 5.74) is 2.51. The highest BCUT2D eigenvalue weighted by molar-refractivity contribution is 6.11. The fourth-order valence-electron chi connectivity index (χ4n) is 2.21. The number of hydrogen-bond donors (Lipinski definition) is 1. The highest BCUT2D eigenvalue weighted by Crippen LogP contribution is 2.37. The Morgan fingerprint density at radius 2 is 2.13 bits per heavy atom. The Balaban J connectivity index is 3.00. The summed E-state index contributed by atoms with van der Waals surface area (Å²) in [6.45, 7) is 8.83. The number of aliphatic hydroxyl groups is 1. The molecule has 15 heavy (non-hydrogen) atoms. The van der Waals surface area contributed by atoms with Crippen LogP contribution in [0.3, 0.4) is 0 Å². The molecule has 0 saturated heterocycles. The van der Waals surface area contributed by atoms with Gasteiger partial charge in [-0.3, -0.25) is 0 Å². The molecule has 1 aliphatic heterocycles. The van der Waals surface area contributed by atoms with E-state index in [0.717, 1.165) is 18.4 Å². The van der Waals surface area contributed by atoms with Crippen LogP contribution in [-0.4, -0.2) is 31.7 Å². The lowest BCUT2D eigenvalue weighted by Crippen LogP contribution is -2.41. The first kappa shape index (κ1) is 12.8. The minimum absolute atomic E-state index is 0.0799. The van der Waals surface area contributed by atoms with Crippen molar-refractivity contribution in [3.05, 3.63) is 11.1 Å². The van der Waals surface area contributed by atoms with Gasteiger partial charge in [0.15, 0.2) is 0 Å². The first-order chi connectivity index (χ1) is 6.92. The molecule has 1 heterocycles. The Labute approximate surface area is 94.1 Å². The van der Waals surface area contributed by atoms with Gasteiger partial charge in [0.2, 0.25) is 0 Å². The summed E-state index contributed by atoms with van der Waals surface area (Å²) in [5.74, 6) is 0. The van der Waals surface area contributed by atoms with E-state index in [-0.39, 0.29) is 24.1 Å². The number of hydrogen-bond acceptors (Lipinski definition) is 2. The maximum atomic E-state index is 9.44. The maximum Gasteiger partial charge on any atom is 0.139 e. The van der Waals surface area contributed by atoms with Crippen molar-refractivity contribution in [2.75, 3.05) is 6.61 Å². The summed E-state index contributed by atoms with van der Waals surface area (Å²) in [6, 6.07) is 0.274. The zero-order valence-electron chi connectivity index (χ0n) is 10.6. The first-order valence-electron chi connectivity index (χ1n) is 5.87. The number of aliphatic hydroxyl groups excluding tert-OH is 1. The van der Waals surface area contributed by atoms with Crippen molar-refractivity contribution < 1.29 is 9.84 Å². The van der Waals surface area contributed by atoms with Crippen molar-refractivity contribution >= 4 is 7.85 Å². The molecule has 0 fully saturated rings. The normalized spacial score (nSPS) is 28.3. The topological polar surface area (TPSA) is 29.5 Å². The van der Waals surface area contributed by atoms with Gasteiger partial charge in [-0.1, -0.05) is 26.3 Å². The van der Waals surface area contributed by atoms with Crippen LogP contribution in [0.15, 0.2) is 11.1 Å². The van der Waals surface area contributed by atoms with Crippen LogP contribution < -0.4 is 0 Å². The zero-order chi connectivity index (χ0) is 11.6. The van der Waals surface area contributed by atoms with Crippen molar-refractivity contribution in [1.82, 2.24) is 0 Å². The average Bonchev–Trinajstić information content (AvgIpc) is 2.16. The Kier molecular flexibility index (Phi) is 4.02. The molecule has 1 N–H and O–H groups in total. The Hall–Kier alpha value is -0.275. The molecule has 3 heteroatoms. The predicted molar refractivity (Wildman–Crippen MR) is 65.7 cm³/mol. The van der Waals surface area contributed by atoms with Crippen LogP contribution in [0.1, 0.15) is 40.5 Å². The summed E-state index contributed by atoms with van der Waals surface area (Å²) >= 11 is 0. The van der Waals surface area contributed by atoms with Crippen LogP contribution in [0.25, 0.3) is 0 Å². The standard InChI is InChI=1S/C12H23BO2/c1-5-12(3,4)11-9(7-14)8(2)6-10(13)15-11/h10-11,14H,5-7,13H2,1-4H3/t10-,11?/m1/s1. The van der Waals surface area contributed by atoms with Crippen molar-refractivity contribution in [3.8, 4) is 0 Å². The van der Waals surface area contributed by atoms with Crippen LogP contribution in [0.5, 0.6) is 0 Å². The van der Waals surface area contributed by atoms with Gasteiger partial charge in [0.1, 0.15) is 7.85 Å². The summed E-state index contributed by atoms with van der Waals surface area (Å²) in [7, 11) is 2.11. The number of ether oxygens (including phenoxy) is 1. The minimum Gasteiger partial charge on any atom is -0.392 e. The van der Waals surface area contributed by atoms with E-state index in [2.05, 4.69) is 35.5 Å². The van der Waals surface area contributed by atoms with Crippen molar-refractivity contribution in [3.63, 3.8) is 0 Å². The van der Waals surface area contributed by atoms with E-state index in [0.29, 0.717) is 0 Å². The summed E-state index contributed by atoms with van der Waals surface area (Å²) in [6.07, 6.45) is 2.09. The van der Waals surface area contributed by atoms with Gasteiger partial charge in [0.05, 0.1) is 12.7 Å². The third kappa shape index (κ3) is 2.64. The fraction of sp³-hybridized carbons (Fsp3) is 0.833. The molecule has 86 valence electrons. The highest BCUT2D eigenvalue weighted by atomic mass is 16.5. The molecule has 1 aliphatic rings. The van der Waals surface area contributed by atoms with Crippen molar-refractivity contribution in [2.45, 2.75) is 52.6 Å². The van der Waals surface area contributed by atoms with Crippen LogP contribution >= 0.6 is 0 Å². The van der Waals surface area contributed by atoms with E-state index in [1.807, 2.05) is 0 Å². The van der Waals surface area contributed by atoms with Gasteiger partial charge < -0.3 is 9.84 Å². The molecule has 0 saturated carbocycles. The van der Waals surface area contributed by atoms with E-state index < -0.39 is 0 Å². The van der Waals surface area contributed by atoms with Gasteiger partial charge in [0, 0.05) is 6.00 Å². The Morgan fingerprint density at radius 1 is 1.53 bits per heavy atom. The van der Waals surface area contributed by atoms with Crippen LogP contribution in [0, 0.1) is 5.41 Å². The van der Waals surface area contributed by atoms with Gasteiger partial charge in [0.25, 0.3) is 0 Å². The van der Waals surface area contributed by atoms with Gasteiger partial charge in [-0.25, -0.2) is 0 Å². The molecule has 2 nitrogen and oxygen atoms in total. The Bertz CT molecular complexity index is 258. The summed E-state index contributed by atoms with van der Waals surface area (Å²) in [5, 5.41) is 9.44. The van der Waals surface area contributed by atoms with E-state index in [1.165, 1.54) is 5.57 Å². The second kappa shape index (κ2) is 4.71. The largest absolute Gasteiger partial charge is 0.392 e. The second-order valence-corrected chi connectivity index (χ2v) is 5.34. The molecule has 0 spiro atoms. The molecule has 0 aromatic rings. The molecular formula is C12H23BO2. The van der Waals surface area contributed by atoms with E-state index in [1.54, 1.807) is 0 Å². The zero-order valence-corrected chi connectivity index (χ0v) is 10.6. The van der Waals surface area contributed by atoms with Gasteiger partial charge >= 0.3 is 0 Å². The van der Waals surface area contributed by atoms with E-state index in [4.69, 9.17) is 4.74 Å². The third-order valence-electron chi connectivity index (χ3n) is 3.62. The molecule has 1 rings (SSSR count). The molecule has 1 unspecified atom stereocenters. The molecular weight excluding hydrogens is 187 g/mol. The number of rotatable bonds is 3. The van der Waals surface area contributed by atoms with Crippen LogP contribution in [-0.2, 0) is 4.74 Å². The molecule has 0 aromatic heterocycles. The van der Waals surface area contributed by atoms with Crippen LogP contribution in [0.2, 0.25) is 0 Å². The maximum absolute atomic E-state index is 9.44. The van der Waals surface area contributed by atoms with Gasteiger partial charge in [-0.05, 0) is 30.8 Å². The smallest absolute Gasteiger partial charge is 0.139 e. The summed E-state index contributed by atoms with van der Waals surface area (Å²) < 4.78 is 6.00. The summed E-state index contributed by atoms with van der Waals surface area (Å²) in [4.78, 5) is 0.